The highest BCUT2D eigenvalue weighted by Crippen LogP contribution is 2.31. The summed E-state index contributed by atoms with van der Waals surface area (Å²) in [5, 5.41) is 13.5. The monoisotopic (exact) mass is 447 g/mol. The lowest BCUT2D eigenvalue weighted by Gasteiger charge is -2.01. The summed E-state index contributed by atoms with van der Waals surface area (Å²) in [6.45, 7) is 0.552. The van der Waals surface area contributed by atoms with E-state index in [9.17, 15) is 4.79 Å². The van der Waals surface area contributed by atoms with Gasteiger partial charge in [-0.2, -0.15) is 0 Å². The maximum atomic E-state index is 12.1. The van der Waals surface area contributed by atoms with Gasteiger partial charge >= 0.3 is 0 Å². The lowest BCUT2D eigenvalue weighted by atomic mass is 10.3. The number of rotatable bonds is 4. The number of aliphatic hydroxyl groups is 1. The minimum Gasteiger partial charge on any atom is -0.395 e. The van der Waals surface area contributed by atoms with Crippen molar-refractivity contribution in [3.8, 4) is 11.8 Å². The maximum Gasteiger partial charge on any atom is 0.253 e. The molecule has 7 heteroatoms. The predicted octanol–water partition coefficient (Wildman–Crippen LogP) is 4.00. The highest BCUT2D eigenvalue weighted by Gasteiger charge is 2.13. The summed E-state index contributed by atoms with van der Waals surface area (Å²) < 4.78 is 1.73. The van der Waals surface area contributed by atoms with Gasteiger partial charge < -0.3 is 10.4 Å². The maximum absolute atomic E-state index is 12.1. The van der Waals surface area contributed by atoms with Crippen molar-refractivity contribution in [1.82, 2.24) is 5.32 Å². The molecule has 0 aliphatic rings. The molecule has 2 rings (SSSR count). The van der Waals surface area contributed by atoms with Crippen molar-refractivity contribution in [1.29, 1.82) is 0 Å². The van der Waals surface area contributed by atoms with Crippen LogP contribution in [0.1, 0.15) is 27.2 Å². The SMILES string of the molecule is O=C(NCc1cc(C#CCCO)cs1)c1cc(Br)sc1Br. The zero-order valence-corrected chi connectivity index (χ0v) is 15.6. The number of halogens is 2. The summed E-state index contributed by atoms with van der Waals surface area (Å²) in [4.78, 5) is 13.1. The molecule has 0 spiro atoms. The second-order valence-electron chi connectivity index (χ2n) is 4.00. The van der Waals surface area contributed by atoms with Crippen molar-refractivity contribution in [2.24, 2.45) is 0 Å². The van der Waals surface area contributed by atoms with Gasteiger partial charge in [0.15, 0.2) is 0 Å². The molecule has 2 N–H and O–H groups in total. The van der Waals surface area contributed by atoms with Crippen LogP contribution in [-0.2, 0) is 6.54 Å². The first-order chi connectivity index (χ1) is 10.1. The Bertz CT molecular complexity index is 697. The van der Waals surface area contributed by atoms with E-state index >= 15 is 0 Å². The predicted molar refractivity (Wildman–Crippen MR) is 93.8 cm³/mol. The van der Waals surface area contributed by atoms with Gasteiger partial charge in [0.25, 0.3) is 5.91 Å². The van der Waals surface area contributed by atoms with E-state index < -0.39 is 0 Å². The van der Waals surface area contributed by atoms with E-state index in [4.69, 9.17) is 5.11 Å². The molecule has 21 heavy (non-hydrogen) atoms. The summed E-state index contributed by atoms with van der Waals surface area (Å²) in [5.41, 5.74) is 1.54. The number of amides is 1. The van der Waals surface area contributed by atoms with E-state index in [1.165, 1.54) is 11.3 Å². The number of hydrogen-bond acceptors (Lipinski definition) is 4. The van der Waals surface area contributed by atoms with Gasteiger partial charge in [-0.25, -0.2) is 0 Å². The smallest absolute Gasteiger partial charge is 0.253 e. The van der Waals surface area contributed by atoms with Crippen molar-refractivity contribution in [3.63, 3.8) is 0 Å². The van der Waals surface area contributed by atoms with E-state index in [-0.39, 0.29) is 12.5 Å². The zero-order valence-electron chi connectivity index (χ0n) is 10.8. The third kappa shape index (κ3) is 4.94. The molecule has 2 aromatic rings. The van der Waals surface area contributed by atoms with E-state index in [2.05, 4.69) is 49.0 Å². The molecule has 0 aliphatic carbocycles. The molecule has 0 fully saturated rings. The number of nitrogens with one attached hydrogen (secondary N) is 1. The molecular formula is C14H11Br2NO2S2. The third-order valence-corrected chi connectivity index (χ3v) is 5.72. The Morgan fingerprint density at radius 3 is 2.86 bits per heavy atom. The summed E-state index contributed by atoms with van der Waals surface area (Å²) >= 11 is 9.76. The van der Waals surface area contributed by atoms with Gasteiger partial charge in [-0.05, 0) is 44.0 Å². The fourth-order valence-electron chi connectivity index (χ4n) is 1.52. The molecule has 3 nitrogen and oxygen atoms in total. The Balaban J connectivity index is 1.93. The van der Waals surface area contributed by atoms with Gasteiger partial charge in [0, 0.05) is 22.2 Å². The summed E-state index contributed by atoms with van der Waals surface area (Å²) in [5.74, 6) is 5.74. The van der Waals surface area contributed by atoms with Gasteiger partial charge in [-0.3, -0.25) is 4.79 Å². The average Bonchev–Trinajstić information content (AvgIpc) is 3.03. The Hall–Kier alpha value is -0.650. The van der Waals surface area contributed by atoms with Crippen LogP contribution in [0, 0.1) is 11.8 Å². The molecule has 0 saturated heterocycles. The molecule has 0 bridgehead atoms. The van der Waals surface area contributed by atoms with Crippen LogP contribution in [0.3, 0.4) is 0 Å². The number of carbonyl (C=O) groups is 1. The molecule has 2 aromatic heterocycles. The van der Waals surface area contributed by atoms with E-state index in [0.717, 1.165) is 18.0 Å². The number of carbonyl (C=O) groups excluding carboxylic acids is 1. The van der Waals surface area contributed by atoms with Crippen molar-refractivity contribution in [3.05, 3.63) is 41.1 Å². The van der Waals surface area contributed by atoms with Crippen LogP contribution in [0.4, 0.5) is 0 Å². The van der Waals surface area contributed by atoms with Gasteiger partial charge in [0.05, 0.1) is 26.3 Å². The fourth-order valence-corrected chi connectivity index (χ4v) is 5.07. The molecule has 0 aromatic carbocycles. The molecule has 0 atom stereocenters. The summed E-state index contributed by atoms with van der Waals surface area (Å²) in [6.07, 6.45) is 0.475. The molecular weight excluding hydrogens is 438 g/mol. The first-order valence-electron chi connectivity index (χ1n) is 6.00. The first kappa shape index (κ1) is 16.7. The Morgan fingerprint density at radius 1 is 1.38 bits per heavy atom. The van der Waals surface area contributed by atoms with Crippen molar-refractivity contribution in [2.75, 3.05) is 6.61 Å². The topological polar surface area (TPSA) is 49.3 Å². The van der Waals surface area contributed by atoms with Crippen LogP contribution in [0.25, 0.3) is 0 Å². The normalized spacial score (nSPS) is 10.0. The van der Waals surface area contributed by atoms with Gasteiger partial charge in [0.1, 0.15) is 0 Å². The van der Waals surface area contributed by atoms with Crippen molar-refractivity contribution < 1.29 is 9.90 Å². The number of aliphatic hydroxyl groups excluding tert-OH is 1. The second kappa shape index (κ2) is 8.11. The minimum atomic E-state index is -0.106. The van der Waals surface area contributed by atoms with E-state index in [1.807, 2.05) is 11.4 Å². The number of hydrogen-bond donors (Lipinski definition) is 2. The molecule has 0 saturated carbocycles. The largest absolute Gasteiger partial charge is 0.395 e. The molecule has 1 amide bonds. The molecule has 0 radical (unpaired) electrons. The Morgan fingerprint density at radius 2 is 2.19 bits per heavy atom. The minimum absolute atomic E-state index is 0.0745. The second-order valence-corrected chi connectivity index (χ2v) is 8.74. The average molecular weight is 449 g/mol. The molecule has 2 heterocycles. The lowest BCUT2D eigenvalue weighted by molar-refractivity contribution is 0.0951. The third-order valence-electron chi connectivity index (χ3n) is 2.45. The Labute approximate surface area is 147 Å². The van der Waals surface area contributed by atoms with Crippen molar-refractivity contribution >= 4 is 60.4 Å². The highest BCUT2D eigenvalue weighted by atomic mass is 79.9. The standard InChI is InChI=1S/C14H11Br2NO2S2/c15-12-6-11(13(16)21-12)14(19)17-7-10-5-9(8-20-10)3-1-2-4-18/h5-6,8,18H,2,4,7H2,(H,17,19). The summed E-state index contributed by atoms with van der Waals surface area (Å²) in [6, 6.07) is 3.75. The molecule has 110 valence electrons. The van der Waals surface area contributed by atoms with Crippen LogP contribution in [0.5, 0.6) is 0 Å². The van der Waals surface area contributed by atoms with Gasteiger partial charge in [0.2, 0.25) is 0 Å². The quantitative estimate of drug-likeness (QED) is 0.694. The molecule has 0 aliphatic heterocycles. The zero-order chi connectivity index (χ0) is 15.2. The van der Waals surface area contributed by atoms with Crippen LogP contribution in [0.15, 0.2) is 25.1 Å². The van der Waals surface area contributed by atoms with Crippen LogP contribution < -0.4 is 5.32 Å². The lowest BCUT2D eigenvalue weighted by Crippen LogP contribution is -2.22. The van der Waals surface area contributed by atoms with E-state index in [1.54, 1.807) is 17.4 Å². The van der Waals surface area contributed by atoms with Crippen LogP contribution in [0.2, 0.25) is 0 Å². The van der Waals surface area contributed by atoms with Crippen molar-refractivity contribution in [2.45, 2.75) is 13.0 Å². The van der Waals surface area contributed by atoms with Gasteiger partial charge in [-0.1, -0.05) is 11.8 Å². The number of thiophene rings is 2. The fraction of sp³-hybridized carbons (Fsp3) is 0.214. The van der Waals surface area contributed by atoms with Gasteiger partial charge in [-0.15, -0.1) is 22.7 Å². The van der Waals surface area contributed by atoms with Crippen LogP contribution >= 0.6 is 54.5 Å². The highest BCUT2D eigenvalue weighted by molar-refractivity contribution is 9.12. The summed E-state index contributed by atoms with van der Waals surface area (Å²) in [7, 11) is 0. The van der Waals surface area contributed by atoms with Crippen LogP contribution in [-0.4, -0.2) is 17.6 Å². The van der Waals surface area contributed by atoms with E-state index in [0.29, 0.717) is 18.5 Å². The molecule has 0 unspecified atom stereocenters. The first-order valence-corrected chi connectivity index (χ1v) is 9.28. The Kier molecular flexibility index (Phi) is 6.45.